The molecule has 32 heavy (non-hydrogen) atoms. The highest BCUT2D eigenvalue weighted by atomic mass is 16.5. The minimum atomic E-state index is -0.724. The molecule has 3 atom stereocenters. The van der Waals surface area contributed by atoms with Crippen LogP contribution in [-0.2, 0) is 4.79 Å². The molecule has 1 saturated heterocycles. The van der Waals surface area contributed by atoms with Gasteiger partial charge in [-0.1, -0.05) is 32.6 Å². The van der Waals surface area contributed by atoms with E-state index in [2.05, 4.69) is 22.1 Å². The molecule has 7 heteroatoms. The summed E-state index contributed by atoms with van der Waals surface area (Å²) in [6, 6.07) is 7.45. The zero-order chi connectivity index (χ0) is 22.9. The van der Waals surface area contributed by atoms with Crippen LogP contribution in [0.2, 0.25) is 0 Å². The molecule has 0 aliphatic carbocycles. The van der Waals surface area contributed by atoms with Crippen molar-refractivity contribution < 1.29 is 14.6 Å². The van der Waals surface area contributed by atoms with Gasteiger partial charge in [-0.2, -0.15) is 0 Å². The molecule has 0 spiro atoms. The highest BCUT2D eigenvalue weighted by Gasteiger charge is 2.33. The molecule has 1 aromatic heterocycles. The third-order valence-corrected chi connectivity index (χ3v) is 6.56. The molecule has 0 bridgehead atoms. The Morgan fingerprint density at radius 2 is 2.12 bits per heavy atom. The largest absolute Gasteiger partial charge is 0.497 e. The van der Waals surface area contributed by atoms with E-state index in [9.17, 15) is 9.90 Å². The molecule has 0 saturated carbocycles. The molecule has 3 rings (SSSR count). The van der Waals surface area contributed by atoms with Gasteiger partial charge >= 0.3 is 0 Å². The van der Waals surface area contributed by atoms with Crippen molar-refractivity contribution in [3.8, 4) is 5.75 Å². The van der Waals surface area contributed by atoms with Crippen molar-refractivity contribution in [2.45, 2.75) is 57.6 Å². The van der Waals surface area contributed by atoms with E-state index in [0.717, 1.165) is 41.7 Å². The average Bonchev–Trinajstić information content (AvgIpc) is 2.81. The van der Waals surface area contributed by atoms with Gasteiger partial charge in [0.05, 0.1) is 24.6 Å². The fourth-order valence-electron chi connectivity index (χ4n) is 4.63. The number of likely N-dealkylation sites (tertiary alicyclic amines) is 1. The Hall–Kier alpha value is -2.22. The first-order chi connectivity index (χ1) is 15.5. The summed E-state index contributed by atoms with van der Waals surface area (Å²) in [4.78, 5) is 18.9. The second-order valence-electron chi connectivity index (χ2n) is 8.83. The first-order valence-corrected chi connectivity index (χ1v) is 11.9. The van der Waals surface area contributed by atoms with Gasteiger partial charge in [-0.3, -0.25) is 9.78 Å². The molecule has 1 aliphatic rings. The molecule has 2 aromatic rings. The van der Waals surface area contributed by atoms with Crippen LogP contribution in [0, 0.1) is 5.92 Å². The number of fused-ring (bicyclic) bond motifs is 1. The highest BCUT2D eigenvalue weighted by molar-refractivity contribution is 5.83. The SMILES string of the molecule is CCCCCCCN1CC[C@H](NC[C@H](O)c2ccnc3ccc(OC)cc23)[C@@H](C(N)=O)C1. The lowest BCUT2D eigenvalue weighted by molar-refractivity contribution is -0.124. The van der Waals surface area contributed by atoms with E-state index < -0.39 is 6.10 Å². The van der Waals surface area contributed by atoms with E-state index in [1.165, 1.54) is 32.1 Å². The number of aromatic nitrogens is 1. The second kappa shape index (κ2) is 12.1. The number of methoxy groups -OCH3 is 1. The van der Waals surface area contributed by atoms with Gasteiger partial charge in [-0.15, -0.1) is 0 Å². The van der Waals surface area contributed by atoms with E-state index in [-0.39, 0.29) is 17.9 Å². The van der Waals surface area contributed by atoms with E-state index in [1.807, 2.05) is 24.3 Å². The second-order valence-corrected chi connectivity index (χ2v) is 8.83. The molecule has 0 radical (unpaired) electrons. The Kier molecular flexibility index (Phi) is 9.26. The predicted molar refractivity (Wildman–Crippen MR) is 128 cm³/mol. The minimum absolute atomic E-state index is 0.0267. The van der Waals surface area contributed by atoms with Gasteiger partial charge in [0.2, 0.25) is 5.91 Å². The summed E-state index contributed by atoms with van der Waals surface area (Å²) < 4.78 is 5.33. The zero-order valence-electron chi connectivity index (χ0n) is 19.4. The van der Waals surface area contributed by atoms with Crippen molar-refractivity contribution in [3.63, 3.8) is 0 Å². The Labute approximate surface area is 191 Å². The Balaban J connectivity index is 1.58. The number of carbonyl (C=O) groups is 1. The quantitative estimate of drug-likeness (QED) is 0.437. The van der Waals surface area contributed by atoms with Gasteiger partial charge < -0.3 is 25.8 Å². The molecule has 176 valence electrons. The maximum absolute atomic E-state index is 12.2. The smallest absolute Gasteiger partial charge is 0.223 e. The Bertz CT molecular complexity index is 875. The van der Waals surface area contributed by atoms with Crippen LogP contribution >= 0.6 is 0 Å². The predicted octanol–water partition coefficient (Wildman–Crippen LogP) is 3.01. The zero-order valence-corrected chi connectivity index (χ0v) is 19.4. The topological polar surface area (TPSA) is 101 Å². The van der Waals surface area contributed by atoms with Crippen LogP contribution in [-0.4, -0.2) is 60.2 Å². The number of hydrogen-bond donors (Lipinski definition) is 3. The first-order valence-electron chi connectivity index (χ1n) is 11.9. The number of unbranched alkanes of at least 4 members (excludes halogenated alkanes) is 4. The van der Waals surface area contributed by atoms with Gasteiger partial charge in [0, 0.05) is 30.7 Å². The van der Waals surface area contributed by atoms with Crippen molar-refractivity contribution in [3.05, 3.63) is 36.0 Å². The summed E-state index contributed by atoms with van der Waals surface area (Å²) in [5, 5.41) is 15.2. The fourth-order valence-corrected chi connectivity index (χ4v) is 4.63. The molecule has 1 aromatic carbocycles. The van der Waals surface area contributed by atoms with Gasteiger partial charge in [-0.25, -0.2) is 0 Å². The van der Waals surface area contributed by atoms with Crippen LogP contribution in [0.15, 0.2) is 30.5 Å². The first kappa shape index (κ1) is 24.4. The average molecular weight is 443 g/mol. The lowest BCUT2D eigenvalue weighted by atomic mass is 9.90. The number of hydrogen-bond acceptors (Lipinski definition) is 6. The number of nitrogens with two attached hydrogens (primary N) is 1. The molecule has 7 nitrogen and oxygen atoms in total. The lowest BCUT2D eigenvalue weighted by Crippen LogP contribution is -2.54. The number of aliphatic hydroxyl groups is 1. The number of nitrogens with zero attached hydrogens (tertiary/aromatic N) is 2. The maximum atomic E-state index is 12.2. The number of piperidine rings is 1. The number of nitrogens with one attached hydrogen (secondary N) is 1. The van der Waals surface area contributed by atoms with Crippen LogP contribution in [0.25, 0.3) is 10.9 Å². The summed E-state index contributed by atoms with van der Waals surface area (Å²) in [6.45, 7) is 5.22. The summed E-state index contributed by atoms with van der Waals surface area (Å²) in [5.74, 6) is 0.204. The molecule has 0 unspecified atom stereocenters. The van der Waals surface area contributed by atoms with E-state index in [4.69, 9.17) is 10.5 Å². The number of primary amides is 1. The molecule has 4 N–H and O–H groups in total. The van der Waals surface area contributed by atoms with E-state index in [0.29, 0.717) is 13.1 Å². The Morgan fingerprint density at radius 3 is 2.88 bits per heavy atom. The number of rotatable bonds is 12. The van der Waals surface area contributed by atoms with E-state index in [1.54, 1.807) is 13.3 Å². The number of carbonyl (C=O) groups excluding carboxylic acids is 1. The molecule has 2 heterocycles. The van der Waals surface area contributed by atoms with Crippen LogP contribution in [0.3, 0.4) is 0 Å². The molecular weight excluding hydrogens is 404 g/mol. The molecule has 1 aliphatic heterocycles. The van der Waals surface area contributed by atoms with Crippen LogP contribution in [0.1, 0.15) is 57.1 Å². The third-order valence-electron chi connectivity index (χ3n) is 6.56. The van der Waals surface area contributed by atoms with Crippen LogP contribution < -0.4 is 15.8 Å². The number of aliphatic hydroxyl groups excluding tert-OH is 1. The van der Waals surface area contributed by atoms with Gasteiger partial charge in [0.1, 0.15) is 5.75 Å². The van der Waals surface area contributed by atoms with E-state index >= 15 is 0 Å². The maximum Gasteiger partial charge on any atom is 0.223 e. The summed E-state index contributed by atoms with van der Waals surface area (Å²) in [7, 11) is 1.62. The third kappa shape index (κ3) is 6.40. The van der Waals surface area contributed by atoms with Crippen molar-refractivity contribution in [1.82, 2.24) is 15.2 Å². The van der Waals surface area contributed by atoms with Gasteiger partial charge in [-0.05, 0) is 55.8 Å². The number of ether oxygens (including phenoxy) is 1. The van der Waals surface area contributed by atoms with Gasteiger partial charge in [0.25, 0.3) is 0 Å². The van der Waals surface area contributed by atoms with Crippen molar-refractivity contribution >= 4 is 16.8 Å². The summed E-state index contributed by atoms with van der Waals surface area (Å²) in [5.41, 5.74) is 7.35. The standard InChI is InChI=1S/C25H38N4O3/c1-3-4-5-6-7-13-29-14-11-23(21(17-29)25(26)31)28-16-24(30)19-10-12-27-22-9-8-18(32-2)15-20(19)22/h8-10,12,15,21,23-24,28,30H,3-7,11,13-14,16-17H2,1-2H3,(H2,26,31)/t21-,23-,24-/m0/s1. The van der Waals surface area contributed by atoms with Crippen molar-refractivity contribution in [2.24, 2.45) is 11.7 Å². The molecular formula is C25H38N4O3. The molecule has 1 amide bonds. The highest BCUT2D eigenvalue weighted by Crippen LogP contribution is 2.27. The summed E-state index contributed by atoms with van der Waals surface area (Å²) in [6.07, 6.45) is 8.05. The summed E-state index contributed by atoms with van der Waals surface area (Å²) >= 11 is 0. The lowest BCUT2D eigenvalue weighted by Gasteiger charge is -2.38. The number of amides is 1. The molecule has 1 fully saturated rings. The fraction of sp³-hybridized carbons (Fsp3) is 0.600. The number of benzene rings is 1. The Morgan fingerprint density at radius 1 is 1.31 bits per heavy atom. The van der Waals surface area contributed by atoms with Crippen LogP contribution in [0.5, 0.6) is 5.75 Å². The van der Waals surface area contributed by atoms with Gasteiger partial charge in [0.15, 0.2) is 0 Å². The van der Waals surface area contributed by atoms with Crippen molar-refractivity contribution in [2.75, 3.05) is 33.3 Å². The number of pyridine rings is 1. The normalized spacial score (nSPS) is 20.3. The van der Waals surface area contributed by atoms with Crippen LogP contribution in [0.4, 0.5) is 0 Å². The minimum Gasteiger partial charge on any atom is -0.497 e. The van der Waals surface area contributed by atoms with Crippen molar-refractivity contribution in [1.29, 1.82) is 0 Å². The monoisotopic (exact) mass is 442 g/mol.